The van der Waals surface area contributed by atoms with Crippen molar-refractivity contribution in [2.24, 2.45) is 5.92 Å². The van der Waals surface area contributed by atoms with Crippen LogP contribution in [0.15, 0.2) is 18.2 Å². The van der Waals surface area contributed by atoms with E-state index in [1.807, 2.05) is 0 Å². The largest absolute Gasteiger partial charge is 0.458 e. The molecule has 6 nitrogen and oxygen atoms in total. The summed E-state index contributed by atoms with van der Waals surface area (Å²) < 4.78 is 18.8. The number of fused-ring (bicyclic) bond motifs is 1. The second-order valence-electron chi connectivity index (χ2n) is 7.80. The molecule has 1 aromatic carbocycles. The lowest BCUT2D eigenvalue weighted by Gasteiger charge is -2.29. The molecule has 142 valence electrons. The molecule has 0 radical (unpaired) electrons. The van der Waals surface area contributed by atoms with Crippen molar-refractivity contribution in [1.29, 1.82) is 0 Å². The fourth-order valence-corrected chi connectivity index (χ4v) is 2.79. The minimum atomic E-state index is -0.837. The summed E-state index contributed by atoms with van der Waals surface area (Å²) in [5.41, 5.74) is 0.124. The zero-order valence-corrected chi connectivity index (χ0v) is 15.7. The Bertz CT molecular complexity index is 725. The van der Waals surface area contributed by atoms with Gasteiger partial charge in [0.2, 0.25) is 11.8 Å². The lowest BCUT2D eigenvalue weighted by molar-refractivity contribution is -0.160. The monoisotopic (exact) mass is 364 g/mol. The van der Waals surface area contributed by atoms with Crippen LogP contribution in [0.4, 0.5) is 10.1 Å². The van der Waals surface area contributed by atoms with Gasteiger partial charge >= 0.3 is 5.97 Å². The minimum Gasteiger partial charge on any atom is -0.458 e. The van der Waals surface area contributed by atoms with E-state index in [0.717, 1.165) is 0 Å². The first-order chi connectivity index (χ1) is 12.0. The molecule has 26 heavy (non-hydrogen) atoms. The molecule has 2 amide bonds. The molecule has 0 saturated carbocycles. The standard InChI is InChI=1S/C19H25FN2O4/c1-10(2)16(18(25)26-19(3,4)5)22-17(24)13-9-15(23)21-14-8-11(20)6-7-12(13)14/h6-8,10,13,16H,9H2,1-5H3,(H,21,23)(H,22,24)/t13-,16-/m0/s1. The maximum atomic E-state index is 13.4. The molecule has 2 N–H and O–H groups in total. The van der Waals surface area contributed by atoms with E-state index < -0.39 is 35.3 Å². The van der Waals surface area contributed by atoms with E-state index in [4.69, 9.17) is 4.74 Å². The Kier molecular flexibility index (Phi) is 5.68. The van der Waals surface area contributed by atoms with Gasteiger partial charge in [-0.3, -0.25) is 9.59 Å². The zero-order chi connectivity index (χ0) is 19.6. The minimum absolute atomic E-state index is 0.0659. The van der Waals surface area contributed by atoms with Crippen LogP contribution < -0.4 is 10.6 Å². The van der Waals surface area contributed by atoms with Crippen LogP contribution in [-0.4, -0.2) is 29.4 Å². The van der Waals surface area contributed by atoms with Crippen LogP contribution in [0.2, 0.25) is 0 Å². The number of halogens is 1. The Hall–Kier alpha value is -2.44. The summed E-state index contributed by atoms with van der Waals surface area (Å²) in [6.45, 7) is 8.85. The number of ether oxygens (including phenoxy) is 1. The Morgan fingerprint density at radius 1 is 1.31 bits per heavy atom. The SMILES string of the molecule is CC(C)[C@H](NC(=O)[C@H]1CC(=O)Nc2cc(F)ccc21)C(=O)OC(C)(C)C. The third-order valence-corrected chi connectivity index (χ3v) is 4.00. The molecule has 0 spiro atoms. The molecule has 1 heterocycles. The summed E-state index contributed by atoms with van der Waals surface area (Å²) in [5.74, 6) is -2.85. The van der Waals surface area contributed by atoms with Crippen LogP contribution in [0.5, 0.6) is 0 Å². The summed E-state index contributed by atoms with van der Waals surface area (Å²) in [4.78, 5) is 37.1. The fourth-order valence-electron chi connectivity index (χ4n) is 2.79. The molecule has 0 aromatic heterocycles. The first kappa shape index (κ1) is 19.9. The van der Waals surface area contributed by atoms with Crippen molar-refractivity contribution in [3.05, 3.63) is 29.6 Å². The number of hydrogen-bond acceptors (Lipinski definition) is 4. The van der Waals surface area contributed by atoms with Crippen LogP contribution in [0.3, 0.4) is 0 Å². The molecule has 2 rings (SSSR count). The van der Waals surface area contributed by atoms with Crippen molar-refractivity contribution in [3.8, 4) is 0 Å². The number of amides is 2. The first-order valence-corrected chi connectivity index (χ1v) is 8.60. The lowest BCUT2D eigenvalue weighted by atomic mass is 9.89. The van der Waals surface area contributed by atoms with Gasteiger partial charge < -0.3 is 15.4 Å². The van der Waals surface area contributed by atoms with Gasteiger partial charge in [0.15, 0.2) is 0 Å². The van der Waals surface area contributed by atoms with Crippen molar-refractivity contribution >= 4 is 23.5 Å². The average Bonchev–Trinajstić information content (AvgIpc) is 2.48. The third kappa shape index (κ3) is 4.80. The molecule has 1 aromatic rings. The maximum absolute atomic E-state index is 13.4. The average molecular weight is 364 g/mol. The molecule has 1 aliphatic rings. The first-order valence-electron chi connectivity index (χ1n) is 8.60. The number of hydrogen-bond donors (Lipinski definition) is 2. The number of esters is 1. The molecule has 0 saturated heterocycles. The fraction of sp³-hybridized carbons (Fsp3) is 0.526. The highest BCUT2D eigenvalue weighted by Crippen LogP contribution is 2.33. The van der Waals surface area contributed by atoms with Crippen molar-refractivity contribution in [1.82, 2.24) is 5.32 Å². The lowest BCUT2D eigenvalue weighted by Crippen LogP contribution is -2.49. The van der Waals surface area contributed by atoms with Crippen molar-refractivity contribution in [2.75, 3.05) is 5.32 Å². The van der Waals surface area contributed by atoms with E-state index in [2.05, 4.69) is 10.6 Å². The Morgan fingerprint density at radius 2 is 1.96 bits per heavy atom. The summed E-state index contributed by atoms with van der Waals surface area (Å²) in [5, 5.41) is 5.26. The predicted octanol–water partition coefficient (Wildman–Crippen LogP) is 2.73. The molecule has 7 heteroatoms. The number of rotatable bonds is 4. The molecule has 0 unspecified atom stereocenters. The summed E-state index contributed by atoms with van der Waals surface area (Å²) in [6.07, 6.45) is -0.0659. The van der Waals surface area contributed by atoms with Gasteiger partial charge in [-0.1, -0.05) is 19.9 Å². The zero-order valence-electron chi connectivity index (χ0n) is 15.7. The van der Waals surface area contributed by atoms with E-state index in [0.29, 0.717) is 5.56 Å². The smallest absolute Gasteiger partial charge is 0.329 e. The van der Waals surface area contributed by atoms with Gasteiger partial charge in [0, 0.05) is 12.1 Å². The Morgan fingerprint density at radius 3 is 2.54 bits per heavy atom. The highest BCUT2D eigenvalue weighted by atomic mass is 19.1. The van der Waals surface area contributed by atoms with Gasteiger partial charge in [0.1, 0.15) is 17.5 Å². The number of nitrogens with one attached hydrogen (secondary N) is 2. The highest BCUT2D eigenvalue weighted by Gasteiger charge is 2.35. The van der Waals surface area contributed by atoms with Crippen LogP contribution in [0.25, 0.3) is 0 Å². The van der Waals surface area contributed by atoms with E-state index in [9.17, 15) is 18.8 Å². The second kappa shape index (κ2) is 7.43. The van der Waals surface area contributed by atoms with Gasteiger partial charge in [-0.2, -0.15) is 0 Å². The van der Waals surface area contributed by atoms with Crippen molar-refractivity contribution in [2.45, 2.75) is 58.6 Å². The molecule has 0 bridgehead atoms. The topological polar surface area (TPSA) is 84.5 Å². The van der Waals surface area contributed by atoms with Crippen LogP contribution in [-0.2, 0) is 19.1 Å². The number of carbonyl (C=O) groups is 3. The van der Waals surface area contributed by atoms with Gasteiger partial charge in [0.05, 0.1) is 5.92 Å². The molecule has 0 aliphatic carbocycles. The van der Waals surface area contributed by atoms with Crippen molar-refractivity contribution in [3.63, 3.8) is 0 Å². The van der Waals surface area contributed by atoms with Gasteiger partial charge in [-0.25, -0.2) is 9.18 Å². The van der Waals surface area contributed by atoms with Crippen LogP contribution in [0, 0.1) is 11.7 Å². The molecular formula is C19H25FN2O4. The Labute approximate surface area is 152 Å². The second-order valence-corrected chi connectivity index (χ2v) is 7.80. The molecule has 0 fully saturated rings. The normalized spacial score (nSPS) is 18.0. The third-order valence-electron chi connectivity index (χ3n) is 4.00. The van der Waals surface area contributed by atoms with Gasteiger partial charge in [-0.05, 0) is 44.4 Å². The van der Waals surface area contributed by atoms with Crippen LogP contribution in [0.1, 0.15) is 52.5 Å². The number of anilines is 1. The van der Waals surface area contributed by atoms with E-state index >= 15 is 0 Å². The van der Waals surface area contributed by atoms with Gasteiger partial charge in [-0.15, -0.1) is 0 Å². The number of carbonyl (C=O) groups excluding carboxylic acids is 3. The summed E-state index contributed by atoms with van der Waals surface area (Å²) in [6, 6.07) is 3.06. The number of benzene rings is 1. The van der Waals surface area contributed by atoms with E-state index in [1.54, 1.807) is 34.6 Å². The maximum Gasteiger partial charge on any atom is 0.329 e. The van der Waals surface area contributed by atoms with E-state index in [-0.39, 0.29) is 23.9 Å². The summed E-state index contributed by atoms with van der Waals surface area (Å²) >= 11 is 0. The Balaban J connectivity index is 2.22. The molecule has 2 atom stereocenters. The van der Waals surface area contributed by atoms with Gasteiger partial charge in [0.25, 0.3) is 0 Å². The predicted molar refractivity (Wildman–Crippen MR) is 95.0 cm³/mol. The summed E-state index contributed by atoms with van der Waals surface area (Å²) in [7, 11) is 0. The van der Waals surface area contributed by atoms with Crippen LogP contribution >= 0.6 is 0 Å². The highest BCUT2D eigenvalue weighted by molar-refractivity contribution is 6.01. The molecular weight excluding hydrogens is 339 g/mol. The quantitative estimate of drug-likeness (QED) is 0.805. The molecule has 1 aliphatic heterocycles. The van der Waals surface area contributed by atoms with E-state index in [1.165, 1.54) is 18.2 Å². The van der Waals surface area contributed by atoms with Crippen molar-refractivity contribution < 1.29 is 23.5 Å².